The van der Waals surface area contributed by atoms with E-state index in [1.165, 1.54) is 7.05 Å². The number of primary amides is 1. The van der Waals surface area contributed by atoms with Crippen LogP contribution in [0.5, 0.6) is 0 Å². The lowest BCUT2D eigenvalue weighted by molar-refractivity contribution is -0.127. The van der Waals surface area contributed by atoms with Crippen LogP contribution < -0.4 is 16.4 Å². The Bertz CT molecular complexity index is 272. The molecular weight excluding hydrogens is 232 g/mol. The number of amides is 3. The van der Waals surface area contributed by atoms with Gasteiger partial charge in [-0.1, -0.05) is 6.54 Å². The van der Waals surface area contributed by atoms with E-state index in [1.54, 1.807) is 0 Å². The molecule has 7 nitrogen and oxygen atoms in total. The maximum absolute atomic E-state index is 11.2. The molecule has 0 bridgehead atoms. The normalized spacial score (nSPS) is 11.6. The van der Waals surface area contributed by atoms with Gasteiger partial charge in [-0.2, -0.15) is 19.7 Å². The van der Waals surface area contributed by atoms with Gasteiger partial charge in [0.15, 0.2) is 5.91 Å². The third kappa shape index (κ3) is 6.25. The standard InChI is InChI=1S/C8H15N4O3S/c1-10-2-6(13)11-3-7(14)12-5(4-16)8(9)15/h5,16H,2-4H2,1H3,(H2,9,15)(H,11,13)(H,12,14)/q-1. The fraction of sp³-hybridized carbons (Fsp3) is 0.625. The molecular formula is C8H15N4O3S-. The second-order valence-corrected chi connectivity index (χ2v) is 3.32. The number of likely N-dealkylation sites (N-methyl/N-ethyl adjacent to an activating group) is 1. The number of carbonyl (C=O) groups is 3. The van der Waals surface area contributed by atoms with Crippen LogP contribution in [0.15, 0.2) is 0 Å². The Morgan fingerprint density at radius 2 is 2.00 bits per heavy atom. The number of rotatable bonds is 7. The van der Waals surface area contributed by atoms with Crippen molar-refractivity contribution in [2.75, 3.05) is 25.9 Å². The molecule has 0 aliphatic rings. The van der Waals surface area contributed by atoms with Gasteiger partial charge >= 0.3 is 0 Å². The topological polar surface area (TPSA) is 115 Å². The highest BCUT2D eigenvalue weighted by Gasteiger charge is 2.15. The molecule has 0 rings (SSSR count). The molecule has 0 aromatic rings. The molecule has 0 radical (unpaired) electrons. The maximum atomic E-state index is 11.2. The Kier molecular flexibility index (Phi) is 7.31. The number of nitrogens with one attached hydrogen (secondary N) is 2. The third-order valence-corrected chi connectivity index (χ3v) is 1.97. The van der Waals surface area contributed by atoms with E-state index >= 15 is 0 Å². The molecule has 0 aromatic carbocycles. The molecule has 0 fully saturated rings. The van der Waals surface area contributed by atoms with Crippen LogP contribution in [-0.4, -0.2) is 49.7 Å². The minimum absolute atomic E-state index is 0.000897. The van der Waals surface area contributed by atoms with Crippen LogP contribution in [0, 0.1) is 0 Å². The molecule has 0 spiro atoms. The number of nitrogens with two attached hydrogens (primary N) is 1. The fourth-order valence-electron chi connectivity index (χ4n) is 0.830. The lowest BCUT2D eigenvalue weighted by atomic mass is 10.3. The van der Waals surface area contributed by atoms with E-state index in [-0.39, 0.29) is 24.7 Å². The molecule has 3 amide bonds. The van der Waals surface area contributed by atoms with Crippen LogP contribution in [0.2, 0.25) is 0 Å². The van der Waals surface area contributed by atoms with Crippen LogP contribution in [0.1, 0.15) is 0 Å². The Labute approximate surface area is 98.9 Å². The van der Waals surface area contributed by atoms with Gasteiger partial charge in [0, 0.05) is 5.75 Å². The zero-order valence-corrected chi connectivity index (χ0v) is 9.79. The number of nitrogens with zero attached hydrogens (tertiary/aromatic N) is 1. The number of thiol groups is 1. The van der Waals surface area contributed by atoms with Crippen molar-refractivity contribution < 1.29 is 14.4 Å². The molecule has 1 atom stereocenters. The molecule has 1 unspecified atom stereocenters. The summed E-state index contributed by atoms with van der Waals surface area (Å²) >= 11 is 3.85. The van der Waals surface area contributed by atoms with Crippen molar-refractivity contribution in [3.05, 3.63) is 5.32 Å². The zero-order chi connectivity index (χ0) is 12.6. The van der Waals surface area contributed by atoms with Crippen LogP contribution in [-0.2, 0) is 14.4 Å². The number of carbonyl (C=O) groups excluding carboxylic acids is 3. The first-order chi connectivity index (χ1) is 7.51. The summed E-state index contributed by atoms with van der Waals surface area (Å²) in [5, 5.41) is 8.25. The van der Waals surface area contributed by atoms with Gasteiger partial charge in [-0.3, -0.25) is 14.4 Å². The lowest BCUT2D eigenvalue weighted by Gasteiger charge is -2.14. The molecule has 4 N–H and O–H groups in total. The van der Waals surface area contributed by atoms with E-state index in [4.69, 9.17) is 5.73 Å². The predicted octanol–water partition coefficient (Wildman–Crippen LogP) is -1.99. The van der Waals surface area contributed by atoms with Gasteiger partial charge in [0.25, 0.3) is 0 Å². The van der Waals surface area contributed by atoms with Crippen molar-refractivity contribution in [3.8, 4) is 0 Å². The Hall–Kier alpha value is -1.28. The fourth-order valence-corrected chi connectivity index (χ4v) is 1.10. The van der Waals surface area contributed by atoms with Gasteiger partial charge in [-0.25, -0.2) is 0 Å². The molecule has 0 heterocycles. The molecule has 8 heteroatoms. The summed E-state index contributed by atoms with van der Waals surface area (Å²) in [6.45, 7) is -0.217. The highest BCUT2D eigenvalue weighted by atomic mass is 32.1. The van der Waals surface area contributed by atoms with E-state index < -0.39 is 17.9 Å². The van der Waals surface area contributed by atoms with Gasteiger partial charge in [-0.15, -0.1) is 0 Å². The van der Waals surface area contributed by atoms with Gasteiger partial charge in [0.05, 0.1) is 6.54 Å². The van der Waals surface area contributed by atoms with Gasteiger partial charge in [0.1, 0.15) is 6.04 Å². The summed E-state index contributed by atoms with van der Waals surface area (Å²) < 4.78 is 0. The summed E-state index contributed by atoms with van der Waals surface area (Å²) in [5.74, 6) is -1.42. The molecule has 0 saturated heterocycles. The van der Waals surface area contributed by atoms with Crippen molar-refractivity contribution in [1.82, 2.24) is 10.6 Å². The summed E-state index contributed by atoms with van der Waals surface area (Å²) in [6, 6.07) is -0.830. The summed E-state index contributed by atoms with van der Waals surface area (Å²) in [5.41, 5.74) is 4.99. The smallest absolute Gasteiger partial charge is 0.240 e. The summed E-state index contributed by atoms with van der Waals surface area (Å²) in [7, 11) is 1.49. The largest absolute Gasteiger partial charge is 0.657 e. The average molecular weight is 247 g/mol. The van der Waals surface area contributed by atoms with Crippen LogP contribution >= 0.6 is 12.6 Å². The van der Waals surface area contributed by atoms with Gasteiger partial charge in [0.2, 0.25) is 11.8 Å². The van der Waals surface area contributed by atoms with Crippen molar-refractivity contribution in [3.63, 3.8) is 0 Å². The van der Waals surface area contributed by atoms with E-state index in [1.807, 2.05) is 0 Å². The second-order valence-electron chi connectivity index (χ2n) is 2.96. The Morgan fingerprint density at radius 1 is 1.38 bits per heavy atom. The van der Waals surface area contributed by atoms with Crippen LogP contribution in [0.25, 0.3) is 5.32 Å². The van der Waals surface area contributed by atoms with Crippen molar-refractivity contribution in [2.24, 2.45) is 5.73 Å². The molecule has 0 aliphatic heterocycles. The number of hydrogen-bond donors (Lipinski definition) is 4. The van der Waals surface area contributed by atoms with Gasteiger partial charge in [-0.05, 0) is 0 Å². The van der Waals surface area contributed by atoms with Crippen molar-refractivity contribution in [2.45, 2.75) is 6.04 Å². The first-order valence-corrected chi connectivity index (χ1v) is 5.16. The van der Waals surface area contributed by atoms with Crippen LogP contribution in [0.3, 0.4) is 0 Å². The molecule has 16 heavy (non-hydrogen) atoms. The molecule has 0 aromatic heterocycles. The molecule has 92 valence electrons. The van der Waals surface area contributed by atoms with Crippen molar-refractivity contribution >= 4 is 30.4 Å². The van der Waals surface area contributed by atoms with E-state index in [2.05, 4.69) is 28.6 Å². The monoisotopic (exact) mass is 247 g/mol. The average Bonchev–Trinajstić information content (AvgIpc) is 2.23. The highest BCUT2D eigenvalue weighted by Crippen LogP contribution is 1.86. The highest BCUT2D eigenvalue weighted by molar-refractivity contribution is 7.80. The zero-order valence-electron chi connectivity index (χ0n) is 8.90. The van der Waals surface area contributed by atoms with Crippen molar-refractivity contribution in [1.29, 1.82) is 0 Å². The Morgan fingerprint density at radius 3 is 2.44 bits per heavy atom. The third-order valence-electron chi connectivity index (χ3n) is 1.61. The number of hydrogen-bond acceptors (Lipinski definition) is 4. The van der Waals surface area contributed by atoms with Crippen LogP contribution in [0.4, 0.5) is 0 Å². The first-order valence-electron chi connectivity index (χ1n) is 4.53. The quantitative estimate of drug-likeness (QED) is 0.390. The lowest BCUT2D eigenvalue weighted by Crippen LogP contribution is -2.49. The van der Waals surface area contributed by atoms with E-state index in [9.17, 15) is 14.4 Å². The summed E-state index contributed by atoms with van der Waals surface area (Å²) in [6.07, 6.45) is 0. The second kappa shape index (κ2) is 7.94. The van der Waals surface area contributed by atoms with E-state index in [0.29, 0.717) is 0 Å². The van der Waals surface area contributed by atoms with Gasteiger partial charge < -0.3 is 21.7 Å². The summed E-state index contributed by atoms with van der Waals surface area (Å²) in [4.78, 5) is 32.9. The molecule has 0 aliphatic carbocycles. The Balaban J connectivity index is 3.89. The maximum Gasteiger partial charge on any atom is 0.240 e. The minimum Gasteiger partial charge on any atom is -0.657 e. The first kappa shape index (κ1) is 14.7. The predicted molar refractivity (Wildman–Crippen MR) is 62.1 cm³/mol. The SMILES string of the molecule is C[N-]CC(=O)NCC(=O)NC(CS)C(N)=O. The molecule has 0 saturated carbocycles. The minimum atomic E-state index is -0.830. The van der Waals surface area contributed by atoms with E-state index in [0.717, 1.165) is 0 Å².